The van der Waals surface area contributed by atoms with Crippen LogP contribution >= 0.6 is 0 Å². The minimum absolute atomic E-state index is 0.834. The summed E-state index contributed by atoms with van der Waals surface area (Å²) in [6.45, 7) is 0. The zero-order chi connectivity index (χ0) is 23.6. The molecular formula is C31H19N5. The van der Waals surface area contributed by atoms with Crippen molar-refractivity contribution in [3.05, 3.63) is 115 Å². The maximum Gasteiger partial charge on any atom is 0.147 e. The van der Waals surface area contributed by atoms with E-state index < -0.39 is 0 Å². The van der Waals surface area contributed by atoms with Gasteiger partial charge in [-0.15, -0.1) is 0 Å². The zero-order valence-corrected chi connectivity index (χ0v) is 19.2. The predicted octanol–water partition coefficient (Wildman–Crippen LogP) is 7.22. The number of fused-ring (bicyclic) bond motifs is 7. The fraction of sp³-hybridized carbons (Fsp3) is 0. The molecule has 3 aromatic carbocycles. The van der Waals surface area contributed by atoms with Crippen LogP contribution in [0, 0.1) is 0 Å². The van der Waals surface area contributed by atoms with Gasteiger partial charge in [0.2, 0.25) is 0 Å². The predicted molar refractivity (Wildman–Crippen MR) is 146 cm³/mol. The van der Waals surface area contributed by atoms with Crippen molar-refractivity contribution in [3.63, 3.8) is 0 Å². The van der Waals surface area contributed by atoms with Gasteiger partial charge >= 0.3 is 0 Å². The smallest absolute Gasteiger partial charge is 0.147 e. The summed E-state index contributed by atoms with van der Waals surface area (Å²) >= 11 is 0. The first-order valence-electron chi connectivity index (χ1n) is 12.0. The summed E-state index contributed by atoms with van der Waals surface area (Å²) in [4.78, 5) is 14.7. The Hall–Kier alpha value is -5.03. The van der Waals surface area contributed by atoms with Crippen molar-refractivity contribution in [1.29, 1.82) is 0 Å². The van der Waals surface area contributed by atoms with Crippen molar-refractivity contribution in [3.8, 4) is 11.5 Å². The summed E-state index contributed by atoms with van der Waals surface area (Å²) in [6.07, 6.45) is 1.80. The molecule has 0 aliphatic heterocycles. The van der Waals surface area contributed by atoms with E-state index >= 15 is 0 Å². The minimum atomic E-state index is 0.834. The van der Waals surface area contributed by atoms with Crippen molar-refractivity contribution in [2.45, 2.75) is 0 Å². The van der Waals surface area contributed by atoms with Crippen LogP contribution in [-0.2, 0) is 0 Å². The Morgan fingerprint density at radius 3 is 2.11 bits per heavy atom. The third-order valence-corrected chi connectivity index (χ3v) is 6.96. The highest BCUT2D eigenvalue weighted by atomic mass is 15.1. The summed E-state index contributed by atoms with van der Waals surface area (Å²) in [5.74, 6) is 0.834. The van der Waals surface area contributed by atoms with Crippen LogP contribution in [0.1, 0.15) is 0 Å². The van der Waals surface area contributed by atoms with Crippen LogP contribution in [0.2, 0.25) is 0 Å². The number of pyridine rings is 3. The SMILES string of the molecule is c1ccc(-n2c3ccccc3c3nc4c(cc32)c2ccccc2n4-c2ccc3ncccc3n2)cc1. The van der Waals surface area contributed by atoms with Crippen LogP contribution in [-0.4, -0.2) is 24.1 Å². The van der Waals surface area contributed by atoms with E-state index in [4.69, 9.17) is 9.97 Å². The molecule has 0 amide bonds. The molecule has 5 heterocycles. The Morgan fingerprint density at radius 1 is 0.500 bits per heavy atom. The number of hydrogen-bond donors (Lipinski definition) is 0. The van der Waals surface area contributed by atoms with E-state index in [2.05, 4.69) is 93.0 Å². The molecule has 0 radical (unpaired) electrons. The second kappa shape index (κ2) is 7.23. The lowest BCUT2D eigenvalue weighted by Gasteiger charge is -2.08. The van der Waals surface area contributed by atoms with Gasteiger partial charge in [0.05, 0.1) is 33.1 Å². The molecule has 36 heavy (non-hydrogen) atoms. The van der Waals surface area contributed by atoms with Gasteiger partial charge in [0.1, 0.15) is 11.5 Å². The van der Waals surface area contributed by atoms with E-state index in [9.17, 15) is 0 Å². The standard InChI is InChI=1S/C31H19N5/c1-2-9-20(10-3-1)35-27-15-7-5-12-22(27)30-28(35)19-23-21-11-4-6-14-26(21)36(31(23)34-30)29-17-16-24-25(33-29)13-8-18-32-24/h1-19H. The molecule has 0 unspecified atom stereocenters. The fourth-order valence-electron chi connectivity index (χ4n) is 5.40. The number of benzene rings is 3. The van der Waals surface area contributed by atoms with Crippen LogP contribution in [0.5, 0.6) is 0 Å². The van der Waals surface area contributed by atoms with E-state index in [1.165, 1.54) is 0 Å². The fourth-order valence-corrected chi connectivity index (χ4v) is 5.40. The van der Waals surface area contributed by atoms with Crippen molar-refractivity contribution in [1.82, 2.24) is 24.1 Å². The molecule has 5 nitrogen and oxygen atoms in total. The Bertz CT molecular complexity index is 2100. The molecule has 8 rings (SSSR count). The molecule has 5 heteroatoms. The number of rotatable bonds is 2. The maximum atomic E-state index is 5.33. The Balaban J connectivity index is 1.54. The highest BCUT2D eigenvalue weighted by molar-refractivity contribution is 6.15. The molecule has 8 aromatic rings. The van der Waals surface area contributed by atoms with Crippen LogP contribution in [0.4, 0.5) is 0 Å². The van der Waals surface area contributed by atoms with Crippen molar-refractivity contribution < 1.29 is 0 Å². The molecule has 5 aromatic heterocycles. The first kappa shape index (κ1) is 19.3. The highest BCUT2D eigenvalue weighted by Crippen LogP contribution is 2.37. The lowest BCUT2D eigenvalue weighted by molar-refractivity contribution is 1.08. The molecule has 168 valence electrons. The largest absolute Gasteiger partial charge is 0.308 e. The van der Waals surface area contributed by atoms with Gasteiger partial charge in [-0.2, -0.15) is 0 Å². The third kappa shape index (κ3) is 2.62. The summed E-state index contributed by atoms with van der Waals surface area (Å²) in [5.41, 5.74) is 8.06. The molecule has 0 saturated heterocycles. The molecular weight excluding hydrogens is 442 g/mol. The average molecular weight is 462 g/mol. The van der Waals surface area contributed by atoms with E-state index in [0.717, 1.165) is 66.4 Å². The molecule has 0 fully saturated rings. The quantitative estimate of drug-likeness (QED) is 0.273. The summed E-state index contributed by atoms with van der Waals surface area (Å²) < 4.78 is 4.48. The average Bonchev–Trinajstić information content (AvgIpc) is 3.44. The topological polar surface area (TPSA) is 48.5 Å². The second-order valence-corrected chi connectivity index (χ2v) is 8.98. The highest BCUT2D eigenvalue weighted by Gasteiger charge is 2.19. The van der Waals surface area contributed by atoms with Crippen molar-refractivity contribution >= 4 is 54.9 Å². The van der Waals surface area contributed by atoms with E-state index in [-0.39, 0.29) is 0 Å². The summed E-state index contributed by atoms with van der Waals surface area (Å²) in [7, 11) is 0. The minimum Gasteiger partial charge on any atom is -0.308 e. The first-order valence-corrected chi connectivity index (χ1v) is 12.0. The van der Waals surface area contributed by atoms with E-state index in [1.807, 2.05) is 30.3 Å². The second-order valence-electron chi connectivity index (χ2n) is 8.98. The van der Waals surface area contributed by atoms with Crippen LogP contribution in [0.15, 0.2) is 115 Å². The molecule has 0 atom stereocenters. The Kier molecular flexibility index (Phi) is 3.88. The Labute approximate surface area is 205 Å². The zero-order valence-electron chi connectivity index (χ0n) is 19.2. The lowest BCUT2D eigenvalue weighted by atomic mass is 10.2. The maximum absolute atomic E-state index is 5.33. The van der Waals surface area contributed by atoms with Crippen molar-refractivity contribution in [2.75, 3.05) is 0 Å². The van der Waals surface area contributed by atoms with Gasteiger partial charge in [0.15, 0.2) is 0 Å². The molecule has 0 spiro atoms. The van der Waals surface area contributed by atoms with Crippen LogP contribution < -0.4 is 0 Å². The van der Waals surface area contributed by atoms with Gasteiger partial charge in [0, 0.05) is 28.0 Å². The molecule has 0 aliphatic rings. The van der Waals surface area contributed by atoms with E-state index in [1.54, 1.807) is 6.20 Å². The number of nitrogens with zero attached hydrogens (tertiary/aromatic N) is 5. The first-order chi connectivity index (χ1) is 17.9. The van der Waals surface area contributed by atoms with Gasteiger partial charge in [-0.1, -0.05) is 54.6 Å². The monoisotopic (exact) mass is 461 g/mol. The molecule has 0 bridgehead atoms. The van der Waals surface area contributed by atoms with Crippen LogP contribution in [0.3, 0.4) is 0 Å². The Morgan fingerprint density at radius 2 is 1.25 bits per heavy atom. The third-order valence-electron chi connectivity index (χ3n) is 6.96. The number of aromatic nitrogens is 5. The van der Waals surface area contributed by atoms with Gasteiger partial charge in [-0.25, -0.2) is 9.97 Å². The van der Waals surface area contributed by atoms with Gasteiger partial charge in [-0.3, -0.25) is 9.55 Å². The van der Waals surface area contributed by atoms with Gasteiger partial charge in [-0.05, 0) is 54.6 Å². The molecule has 0 aliphatic carbocycles. The molecule has 0 saturated carbocycles. The molecule has 0 N–H and O–H groups in total. The van der Waals surface area contributed by atoms with Gasteiger partial charge < -0.3 is 4.57 Å². The summed E-state index contributed by atoms with van der Waals surface area (Å²) in [5, 5.41) is 3.39. The normalized spacial score (nSPS) is 11.9. The number of hydrogen-bond acceptors (Lipinski definition) is 3. The van der Waals surface area contributed by atoms with Crippen LogP contribution in [0.25, 0.3) is 66.4 Å². The van der Waals surface area contributed by atoms with Gasteiger partial charge in [0.25, 0.3) is 0 Å². The lowest BCUT2D eigenvalue weighted by Crippen LogP contribution is -1.99. The van der Waals surface area contributed by atoms with Crippen molar-refractivity contribution in [2.24, 2.45) is 0 Å². The van der Waals surface area contributed by atoms with E-state index in [0.29, 0.717) is 0 Å². The summed E-state index contributed by atoms with van der Waals surface area (Å²) in [6, 6.07) is 37.7. The number of para-hydroxylation sites is 3.